The van der Waals surface area contributed by atoms with Crippen LogP contribution in [-0.4, -0.2) is 40.3 Å². The lowest BCUT2D eigenvalue weighted by molar-refractivity contribution is -0.141. The largest absolute Gasteiger partial charge is 0.481 e. The van der Waals surface area contributed by atoms with Gasteiger partial charge in [-0.1, -0.05) is 0 Å². The van der Waals surface area contributed by atoms with Gasteiger partial charge in [0, 0.05) is 13.1 Å². The molecule has 0 unspecified atom stereocenters. The molecule has 0 aromatic heterocycles. The molecule has 1 heterocycles. The maximum Gasteiger partial charge on any atom is 0.407 e. The van der Waals surface area contributed by atoms with Gasteiger partial charge < -0.3 is 15.1 Å². The molecule has 11 heavy (non-hydrogen) atoms. The highest BCUT2D eigenvalue weighted by atomic mass is 16.4. The van der Waals surface area contributed by atoms with Crippen molar-refractivity contribution in [2.75, 3.05) is 13.1 Å². The molecule has 1 atom stereocenters. The predicted octanol–water partition coefficient (Wildman–Crippen LogP) is 0.0709. The number of hydrogen-bond acceptors (Lipinski definition) is 2. The quantitative estimate of drug-likeness (QED) is 0.567. The Bertz CT molecular complexity index is 171. The van der Waals surface area contributed by atoms with Crippen molar-refractivity contribution in [1.82, 2.24) is 4.90 Å². The number of likely N-dealkylation sites (tertiary alicyclic amines) is 1. The monoisotopic (exact) mass is 159 g/mol. The number of rotatable bonds is 1. The minimum Gasteiger partial charge on any atom is -0.481 e. The SMILES string of the molecule is O=C(O)[C@@H]1CCN(C(=O)O)C1. The van der Waals surface area contributed by atoms with Crippen LogP contribution in [0.3, 0.4) is 0 Å². The highest BCUT2D eigenvalue weighted by Gasteiger charge is 2.30. The number of amides is 1. The summed E-state index contributed by atoms with van der Waals surface area (Å²) in [5.74, 6) is -1.42. The molecule has 2 N–H and O–H groups in total. The summed E-state index contributed by atoms with van der Waals surface area (Å²) in [5.41, 5.74) is 0. The Morgan fingerprint density at radius 3 is 2.27 bits per heavy atom. The fourth-order valence-electron chi connectivity index (χ4n) is 1.14. The number of aliphatic carboxylic acids is 1. The van der Waals surface area contributed by atoms with Crippen molar-refractivity contribution in [2.24, 2.45) is 5.92 Å². The third-order valence-corrected chi connectivity index (χ3v) is 1.81. The summed E-state index contributed by atoms with van der Waals surface area (Å²) >= 11 is 0. The molecule has 0 saturated carbocycles. The van der Waals surface area contributed by atoms with Crippen molar-refractivity contribution in [2.45, 2.75) is 6.42 Å². The van der Waals surface area contributed by atoms with Gasteiger partial charge in [-0.25, -0.2) is 4.79 Å². The van der Waals surface area contributed by atoms with Gasteiger partial charge in [-0.2, -0.15) is 0 Å². The first-order valence-corrected chi connectivity index (χ1v) is 3.32. The van der Waals surface area contributed by atoms with Gasteiger partial charge in [-0.15, -0.1) is 0 Å². The second kappa shape index (κ2) is 2.77. The third kappa shape index (κ3) is 1.60. The van der Waals surface area contributed by atoms with Gasteiger partial charge in [-0.3, -0.25) is 4.79 Å². The second-order valence-electron chi connectivity index (χ2n) is 2.55. The summed E-state index contributed by atoms with van der Waals surface area (Å²) in [5, 5.41) is 16.9. The molecule has 1 aliphatic heterocycles. The van der Waals surface area contributed by atoms with Crippen molar-refractivity contribution in [3.8, 4) is 0 Å². The Morgan fingerprint density at radius 2 is 2.00 bits per heavy atom. The van der Waals surface area contributed by atoms with Crippen LogP contribution in [0.4, 0.5) is 4.79 Å². The first kappa shape index (κ1) is 7.84. The molecular weight excluding hydrogens is 150 g/mol. The minimum absolute atomic E-state index is 0.130. The molecule has 5 heteroatoms. The lowest BCUT2D eigenvalue weighted by Gasteiger charge is -2.09. The molecule has 0 aromatic carbocycles. The van der Waals surface area contributed by atoms with Crippen LogP contribution in [0.5, 0.6) is 0 Å². The van der Waals surface area contributed by atoms with Crippen molar-refractivity contribution in [1.29, 1.82) is 0 Å². The summed E-state index contributed by atoms with van der Waals surface area (Å²) in [6, 6.07) is 0. The third-order valence-electron chi connectivity index (χ3n) is 1.81. The van der Waals surface area contributed by atoms with Crippen LogP contribution in [0, 0.1) is 5.92 Å². The second-order valence-corrected chi connectivity index (χ2v) is 2.55. The van der Waals surface area contributed by atoms with Crippen LogP contribution in [0.15, 0.2) is 0 Å². The van der Waals surface area contributed by atoms with E-state index in [1.54, 1.807) is 0 Å². The van der Waals surface area contributed by atoms with Crippen molar-refractivity contribution in [3.63, 3.8) is 0 Å². The topological polar surface area (TPSA) is 77.8 Å². The van der Waals surface area contributed by atoms with Crippen molar-refractivity contribution < 1.29 is 19.8 Å². The molecule has 1 amide bonds. The fraction of sp³-hybridized carbons (Fsp3) is 0.667. The Hall–Kier alpha value is -1.26. The number of carboxylic acids is 1. The summed E-state index contributed by atoms with van der Waals surface area (Å²) < 4.78 is 0. The normalized spacial score (nSPS) is 23.6. The van der Waals surface area contributed by atoms with Gasteiger partial charge in [0.15, 0.2) is 0 Å². The molecule has 0 aliphatic carbocycles. The molecular formula is C6H9NO4. The van der Waals surface area contributed by atoms with E-state index in [0.717, 1.165) is 4.90 Å². The summed E-state index contributed by atoms with van der Waals surface area (Å²) in [4.78, 5) is 21.8. The van der Waals surface area contributed by atoms with Gasteiger partial charge in [0.1, 0.15) is 0 Å². The van der Waals surface area contributed by atoms with E-state index >= 15 is 0 Å². The zero-order valence-corrected chi connectivity index (χ0v) is 5.86. The molecule has 0 spiro atoms. The van der Waals surface area contributed by atoms with Gasteiger partial charge in [-0.05, 0) is 6.42 Å². The highest BCUT2D eigenvalue weighted by molar-refractivity contribution is 5.73. The van der Waals surface area contributed by atoms with Crippen LogP contribution in [0.25, 0.3) is 0 Å². The molecule has 1 fully saturated rings. The molecule has 0 radical (unpaired) electrons. The van der Waals surface area contributed by atoms with E-state index in [1.807, 2.05) is 0 Å². The standard InChI is InChI=1S/C6H9NO4/c8-5(9)4-1-2-7(3-4)6(10)11/h4H,1-3H2,(H,8,9)(H,10,11)/t4-/m1/s1. The predicted molar refractivity (Wildman–Crippen MR) is 35.3 cm³/mol. The van der Waals surface area contributed by atoms with Gasteiger partial charge in [0.2, 0.25) is 0 Å². The van der Waals surface area contributed by atoms with E-state index in [0.29, 0.717) is 13.0 Å². The number of nitrogens with zero attached hydrogens (tertiary/aromatic N) is 1. The Labute approximate surface area is 63.2 Å². The minimum atomic E-state index is -1.03. The molecule has 0 aromatic rings. The Kier molecular flexibility index (Phi) is 1.98. The maximum absolute atomic E-state index is 10.4. The fourth-order valence-corrected chi connectivity index (χ4v) is 1.14. The van der Waals surface area contributed by atoms with E-state index in [-0.39, 0.29) is 6.54 Å². The lowest BCUT2D eigenvalue weighted by atomic mass is 10.1. The van der Waals surface area contributed by atoms with E-state index < -0.39 is 18.0 Å². The molecule has 62 valence electrons. The number of carbonyl (C=O) groups is 2. The van der Waals surface area contributed by atoms with Crippen LogP contribution in [0.2, 0.25) is 0 Å². The Balaban J connectivity index is 2.47. The van der Waals surface area contributed by atoms with Gasteiger partial charge >= 0.3 is 12.1 Å². The summed E-state index contributed by atoms with van der Waals surface area (Å²) in [6.07, 6.45) is -0.601. The number of hydrogen-bond donors (Lipinski definition) is 2. The Morgan fingerprint density at radius 1 is 1.36 bits per heavy atom. The molecule has 1 aliphatic rings. The van der Waals surface area contributed by atoms with Crippen LogP contribution >= 0.6 is 0 Å². The number of carboxylic acid groups (broad SMARTS) is 2. The summed E-state index contributed by atoms with van der Waals surface area (Å²) in [6.45, 7) is 0.469. The van der Waals surface area contributed by atoms with Crippen LogP contribution in [0.1, 0.15) is 6.42 Å². The average Bonchev–Trinajstić information content (AvgIpc) is 2.33. The highest BCUT2D eigenvalue weighted by Crippen LogP contribution is 2.15. The first-order chi connectivity index (χ1) is 5.11. The smallest absolute Gasteiger partial charge is 0.407 e. The first-order valence-electron chi connectivity index (χ1n) is 3.32. The molecule has 1 rings (SSSR count). The van der Waals surface area contributed by atoms with E-state index in [4.69, 9.17) is 10.2 Å². The van der Waals surface area contributed by atoms with E-state index in [2.05, 4.69) is 0 Å². The molecule has 0 bridgehead atoms. The van der Waals surface area contributed by atoms with E-state index in [1.165, 1.54) is 0 Å². The molecule has 1 saturated heterocycles. The lowest BCUT2D eigenvalue weighted by Crippen LogP contribution is -2.28. The van der Waals surface area contributed by atoms with E-state index in [9.17, 15) is 9.59 Å². The maximum atomic E-state index is 10.4. The summed E-state index contributed by atoms with van der Waals surface area (Å²) in [7, 11) is 0. The van der Waals surface area contributed by atoms with Crippen molar-refractivity contribution in [3.05, 3.63) is 0 Å². The molecule has 5 nitrogen and oxygen atoms in total. The van der Waals surface area contributed by atoms with Crippen molar-refractivity contribution >= 4 is 12.1 Å². The van der Waals surface area contributed by atoms with Crippen LogP contribution < -0.4 is 0 Å². The van der Waals surface area contributed by atoms with Gasteiger partial charge in [0.25, 0.3) is 0 Å². The van der Waals surface area contributed by atoms with Gasteiger partial charge in [0.05, 0.1) is 5.92 Å². The average molecular weight is 159 g/mol. The zero-order valence-electron chi connectivity index (χ0n) is 5.86. The zero-order chi connectivity index (χ0) is 8.43. The van der Waals surface area contributed by atoms with Crippen LogP contribution in [-0.2, 0) is 4.79 Å².